The van der Waals surface area contributed by atoms with Crippen LogP contribution in [0.2, 0.25) is 0 Å². The molecule has 1 aromatic heterocycles. The number of carbonyl (C=O) groups is 2. The van der Waals surface area contributed by atoms with Gasteiger partial charge < -0.3 is 15.3 Å². The average molecular weight is 277 g/mol. The van der Waals surface area contributed by atoms with E-state index in [0.29, 0.717) is 19.5 Å². The molecule has 1 atom stereocenters. The summed E-state index contributed by atoms with van der Waals surface area (Å²) in [5, 5.41) is 11.9. The number of rotatable bonds is 3. The first kappa shape index (κ1) is 14.3. The van der Waals surface area contributed by atoms with E-state index in [1.54, 1.807) is 17.3 Å². The van der Waals surface area contributed by atoms with Crippen LogP contribution in [-0.4, -0.2) is 40.1 Å². The fourth-order valence-corrected chi connectivity index (χ4v) is 2.35. The highest BCUT2D eigenvalue weighted by atomic mass is 16.4. The summed E-state index contributed by atoms with van der Waals surface area (Å²) in [6.07, 6.45) is 4.82. The number of carbonyl (C=O) groups excluding carboxylic acids is 1. The van der Waals surface area contributed by atoms with Gasteiger partial charge in [-0.15, -0.1) is 0 Å². The van der Waals surface area contributed by atoms with Crippen LogP contribution in [0.4, 0.5) is 4.79 Å². The molecule has 6 nitrogen and oxygen atoms in total. The zero-order valence-electron chi connectivity index (χ0n) is 11.5. The second-order valence-corrected chi connectivity index (χ2v) is 5.08. The lowest BCUT2D eigenvalue weighted by atomic mass is 9.99. The Morgan fingerprint density at radius 2 is 2.35 bits per heavy atom. The molecule has 0 unspecified atom stereocenters. The molecule has 0 saturated carbocycles. The van der Waals surface area contributed by atoms with Crippen LogP contribution in [0.3, 0.4) is 0 Å². The van der Waals surface area contributed by atoms with E-state index in [0.717, 1.165) is 17.5 Å². The van der Waals surface area contributed by atoms with Crippen molar-refractivity contribution in [3.05, 3.63) is 29.6 Å². The molecule has 1 saturated heterocycles. The van der Waals surface area contributed by atoms with E-state index in [9.17, 15) is 9.59 Å². The third kappa shape index (κ3) is 3.46. The van der Waals surface area contributed by atoms with E-state index in [1.165, 1.54) is 0 Å². The van der Waals surface area contributed by atoms with Gasteiger partial charge in [-0.3, -0.25) is 9.78 Å². The van der Waals surface area contributed by atoms with E-state index < -0.39 is 11.9 Å². The molecule has 108 valence electrons. The van der Waals surface area contributed by atoms with E-state index in [1.807, 2.05) is 13.0 Å². The van der Waals surface area contributed by atoms with Gasteiger partial charge in [-0.05, 0) is 37.0 Å². The van der Waals surface area contributed by atoms with Crippen LogP contribution in [0.5, 0.6) is 0 Å². The third-order valence-electron chi connectivity index (χ3n) is 3.62. The topological polar surface area (TPSA) is 82.5 Å². The number of piperidine rings is 1. The summed E-state index contributed by atoms with van der Waals surface area (Å²) in [6, 6.07) is 1.67. The average Bonchev–Trinajstić information content (AvgIpc) is 2.46. The summed E-state index contributed by atoms with van der Waals surface area (Å²) in [6.45, 7) is 3.28. The second kappa shape index (κ2) is 6.36. The molecule has 1 aliphatic rings. The van der Waals surface area contributed by atoms with Crippen molar-refractivity contribution >= 4 is 12.0 Å². The molecule has 1 aromatic rings. The van der Waals surface area contributed by atoms with Crippen LogP contribution in [0, 0.1) is 12.8 Å². The predicted molar refractivity (Wildman–Crippen MR) is 73.1 cm³/mol. The number of nitrogens with zero attached hydrogens (tertiary/aromatic N) is 2. The Bertz CT molecular complexity index is 504. The van der Waals surface area contributed by atoms with Gasteiger partial charge in [0.2, 0.25) is 0 Å². The van der Waals surface area contributed by atoms with E-state index in [2.05, 4.69) is 10.3 Å². The maximum Gasteiger partial charge on any atom is 0.317 e. The number of likely N-dealkylation sites (tertiary alicyclic amines) is 1. The fraction of sp³-hybridized carbons (Fsp3) is 0.500. The molecule has 2 amide bonds. The molecule has 2 heterocycles. The Kier molecular flexibility index (Phi) is 4.55. The monoisotopic (exact) mass is 277 g/mol. The molecule has 2 N–H and O–H groups in total. The van der Waals surface area contributed by atoms with Crippen molar-refractivity contribution < 1.29 is 14.7 Å². The van der Waals surface area contributed by atoms with E-state index in [4.69, 9.17) is 5.11 Å². The Morgan fingerprint density at radius 1 is 1.55 bits per heavy atom. The molecule has 1 fully saturated rings. The van der Waals surface area contributed by atoms with Gasteiger partial charge in [0.05, 0.1) is 5.92 Å². The van der Waals surface area contributed by atoms with Crippen molar-refractivity contribution in [3.63, 3.8) is 0 Å². The molecular weight excluding hydrogens is 258 g/mol. The van der Waals surface area contributed by atoms with Crippen molar-refractivity contribution in [2.75, 3.05) is 13.1 Å². The predicted octanol–water partition coefficient (Wildman–Crippen LogP) is 1.40. The first-order chi connectivity index (χ1) is 9.58. The quantitative estimate of drug-likeness (QED) is 0.874. The Morgan fingerprint density at radius 3 is 3.05 bits per heavy atom. The van der Waals surface area contributed by atoms with Crippen molar-refractivity contribution in [1.82, 2.24) is 15.2 Å². The number of urea groups is 1. The number of carboxylic acids is 1. The van der Waals surface area contributed by atoms with Crippen molar-refractivity contribution in [2.45, 2.75) is 26.3 Å². The number of pyridine rings is 1. The number of aromatic nitrogens is 1. The molecule has 20 heavy (non-hydrogen) atoms. The molecule has 0 bridgehead atoms. The number of aryl methyl sites for hydroxylation is 1. The lowest BCUT2D eigenvalue weighted by molar-refractivity contribution is -0.143. The van der Waals surface area contributed by atoms with Crippen LogP contribution >= 0.6 is 0 Å². The Hall–Kier alpha value is -2.11. The highest BCUT2D eigenvalue weighted by molar-refractivity contribution is 5.76. The van der Waals surface area contributed by atoms with Crippen LogP contribution in [-0.2, 0) is 11.3 Å². The van der Waals surface area contributed by atoms with Crippen LogP contribution in [0.15, 0.2) is 18.5 Å². The lowest BCUT2D eigenvalue weighted by Gasteiger charge is -2.30. The van der Waals surface area contributed by atoms with E-state index in [-0.39, 0.29) is 12.6 Å². The Labute approximate surface area is 117 Å². The van der Waals surface area contributed by atoms with Crippen molar-refractivity contribution in [3.8, 4) is 0 Å². The zero-order chi connectivity index (χ0) is 14.5. The molecule has 2 rings (SSSR count). The summed E-state index contributed by atoms with van der Waals surface area (Å²) in [4.78, 5) is 28.6. The summed E-state index contributed by atoms with van der Waals surface area (Å²) in [5.41, 5.74) is 2.04. The molecule has 0 radical (unpaired) electrons. The lowest BCUT2D eigenvalue weighted by Crippen LogP contribution is -2.46. The van der Waals surface area contributed by atoms with Gasteiger partial charge in [-0.1, -0.05) is 0 Å². The largest absolute Gasteiger partial charge is 0.481 e. The maximum absolute atomic E-state index is 12.1. The summed E-state index contributed by atoms with van der Waals surface area (Å²) >= 11 is 0. The van der Waals surface area contributed by atoms with Gasteiger partial charge in [0.25, 0.3) is 0 Å². The minimum absolute atomic E-state index is 0.202. The maximum atomic E-state index is 12.1. The molecule has 0 aromatic carbocycles. The minimum atomic E-state index is -0.826. The summed E-state index contributed by atoms with van der Waals surface area (Å²) < 4.78 is 0. The number of hydrogen-bond acceptors (Lipinski definition) is 3. The van der Waals surface area contributed by atoms with E-state index >= 15 is 0 Å². The van der Waals surface area contributed by atoms with Gasteiger partial charge in [-0.2, -0.15) is 0 Å². The first-order valence-electron chi connectivity index (χ1n) is 6.73. The summed E-state index contributed by atoms with van der Waals surface area (Å²) in [5.74, 6) is -1.27. The summed E-state index contributed by atoms with van der Waals surface area (Å²) in [7, 11) is 0. The van der Waals surface area contributed by atoms with Gasteiger partial charge in [0.15, 0.2) is 0 Å². The van der Waals surface area contributed by atoms with Crippen LogP contribution < -0.4 is 5.32 Å². The van der Waals surface area contributed by atoms with Gasteiger partial charge >= 0.3 is 12.0 Å². The number of nitrogens with one attached hydrogen (secondary N) is 1. The number of carboxylic acid groups (broad SMARTS) is 1. The van der Waals surface area contributed by atoms with Crippen LogP contribution in [0.25, 0.3) is 0 Å². The normalized spacial score (nSPS) is 18.6. The highest BCUT2D eigenvalue weighted by Gasteiger charge is 2.27. The molecule has 1 aliphatic heterocycles. The number of aliphatic carboxylic acids is 1. The van der Waals surface area contributed by atoms with Crippen molar-refractivity contribution in [2.24, 2.45) is 5.92 Å². The van der Waals surface area contributed by atoms with Gasteiger partial charge in [0, 0.05) is 32.0 Å². The molecule has 6 heteroatoms. The minimum Gasteiger partial charge on any atom is -0.481 e. The van der Waals surface area contributed by atoms with Crippen LogP contribution in [0.1, 0.15) is 24.0 Å². The molecular formula is C14H19N3O3. The van der Waals surface area contributed by atoms with Gasteiger partial charge in [0.1, 0.15) is 0 Å². The van der Waals surface area contributed by atoms with Crippen molar-refractivity contribution in [1.29, 1.82) is 0 Å². The number of amides is 2. The van der Waals surface area contributed by atoms with Gasteiger partial charge in [-0.25, -0.2) is 4.79 Å². The smallest absolute Gasteiger partial charge is 0.317 e. The molecule has 0 spiro atoms. The molecule has 0 aliphatic carbocycles. The fourth-order valence-electron chi connectivity index (χ4n) is 2.35. The third-order valence-corrected chi connectivity index (χ3v) is 3.62. The Balaban J connectivity index is 1.89. The zero-order valence-corrected chi connectivity index (χ0v) is 11.5. The standard InChI is InChI=1S/C14H19N3O3/c1-10-7-15-5-4-11(10)8-16-14(20)17-6-2-3-12(9-17)13(18)19/h4-5,7,12H,2-3,6,8-9H2,1H3,(H,16,20)(H,18,19)/t12-/m0/s1. The second-order valence-electron chi connectivity index (χ2n) is 5.08. The number of hydrogen-bond donors (Lipinski definition) is 2. The highest BCUT2D eigenvalue weighted by Crippen LogP contribution is 2.16. The SMILES string of the molecule is Cc1cnccc1CNC(=O)N1CCC[C@H](C(=O)O)C1. The first-order valence-corrected chi connectivity index (χ1v) is 6.73.